The summed E-state index contributed by atoms with van der Waals surface area (Å²) in [4.78, 5) is 7.61. The maximum atomic E-state index is 12.7. The van der Waals surface area contributed by atoms with Gasteiger partial charge in [-0.3, -0.25) is 0 Å². The number of nitrogens with zero attached hydrogens (tertiary/aromatic N) is 2. The SMILES string of the molecule is C=C(C)c1cnc(-c2nc3cc(S(=O)C(F)(F)F)ccc3o2)c(S(=O)(=O)CC)c1. The average molecular weight is 444 g/mol. The summed E-state index contributed by atoms with van der Waals surface area (Å²) in [7, 11) is -6.94. The number of oxazole rings is 1. The summed E-state index contributed by atoms with van der Waals surface area (Å²) in [6.45, 7) is 6.93. The van der Waals surface area contributed by atoms with Crippen LogP contribution >= 0.6 is 0 Å². The molecule has 154 valence electrons. The molecule has 0 saturated heterocycles. The van der Waals surface area contributed by atoms with Gasteiger partial charge in [-0.1, -0.05) is 13.5 Å². The molecule has 0 bridgehead atoms. The standard InChI is InChI=1S/C18H15F3N2O4S2/c1-4-29(25,26)15-7-11(10(2)3)9-22-16(15)17-23-13-8-12(5-6-14(13)27-17)28(24)18(19,20)21/h5-9H,2,4H2,1,3H3. The molecule has 11 heteroatoms. The molecule has 1 atom stereocenters. The van der Waals surface area contributed by atoms with E-state index in [0.29, 0.717) is 11.1 Å². The van der Waals surface area contributed by atoms with E-state index in [2.05, 4.69) is 16.5 Å². The number of halogens is 3. The summed E-state index contributed by atoms with van der Waals surface area (Å²) in [5, 5.41) is 0. The molecule has 0 spiro atoms. The lowest BCUT2D eigenvalue weighted by Gasteiger charge is -2.08. The lowest BCUT2D eigenvalue weighted by Crippen LogP contribution is -2.16. The van der Waals surface area contributed by atoms with Gasteiger partial charge >= 0.3 is 5.51 Å². The van der Waals surface area contributed by atoms with Gasteiger partial charge in [0.05, 0.1) is 15.5 Å². The number of fused-ring (bicyclic) bond motifs is 1. The van der Waals surface area contributed by atoms with Crippen molar-refractivity contribution in [1.82, 2.24) is 9.97 Å². The fourth-order valence-corrected chi connectivity index (χ4v) is 4.22. The molecule has 0 aliphatic heterocycles. The van der Waals surface area contributed by atoms with Crippen LogP contribution < -0.4 is 0 Å². The second kappa shape index (κ2) is 7.38. The zero-order chi connectivity index (χ0) is 21.6. The number of hydrogen-bond donors (Lipinski definition) is 0. The molecule has 0 fully saturated rings. The third kappa shape index (κ3) is 4.10. The number of alkyl halides is 3. The number of hydrogen-bond acceptors (Lipinski definition) is 6. The van der Waals surface area contributed by atoms with E-state index in [-0.39, 0.29) is 33.3 Å². The molecule has 3 rings (SSSR count). The highest BCUT2D eigenvalue weighted by atomic mass is 32.2. The fraction of sp³-hybridized carbons (Fsp3) is 0.222. The van der Waals surface area contributed by atoms with E-state index in [1.165, 1.54) is 25.3 Å². The average Bonchev–Trinajstić information content (AvgIpc) is 3.09. The van der Waals surface area contributed by atoms with Gasteiger partial charge in [-0.2, -0.15) is 13.2 Å². The zero-order valence-electron chi connectivity index (χ0n) is 15.3. The Kier molecular flexibility index (Phi) is 5.39. The first-order valence-electron chi connectivity index (χ1n) is 8.22. The molecular formula is C18H15F3N2O4S2. The summed E-state index contributed by atoms with van der Waals surface area (Å²) in [6, 6.07) is 4.61. The Labute approximate surface area is 166 Å². The van der Waals surface area contributed by atoms with Crippen molar-refractivity contribution >= 4 is 37.3 Å². The van der Waals surface area contributed by atoms with E-state index in [9.17, 15) is 25.8 Å². The highest BCUT2D eigenvalue weighted by Gasteiger charge is 2.38. The van der Waals surface area contributed by atoms with E-state index in [4.69, 9.17) is 4.42 Å². The van der Waals surface area contributed by atoms with Crippen LogP contribution in [0.4, 0.5) is 13.2 Å². The molecule has 3 aromatic rings. The number of benzene rings is 1. The number of rotatable bonds is 5. The van der Waals surface area contributed by atoms with Crippen molar-refractivity contribution in [2.75, 3.05) is 5.75 Å². The third-order valence-electron chi connectivity index (χ3n) is 4.05. The van der Waals surface area contributed by atoms with Gasteiger partial charge in [0.25, 0.3) is 0 Å². The molecule has 0 N–H and O–H groups in total. The van der Waals surface area contributed by atoms with Gasteiger partial charge in [0.1, 0.15) is 11.2 Å². The van der Waals surface area contributed by atoms with Crippen LogP contribution in [-0.4, -0.2) is 33.9 Å². The van der Waals surface area contributed by atoms with E-state index >= 15 is 0 Å². The summed E-state index contributed by atoms with van der Waals surface area (Å²) < 4.78 is 80.2. The van der Waals surface area contributed by atoms with Gasteiger partial charge in [-0.15, -0.1) is 0 Å². The third-order valence-corrected chi connectivity index (χ3v) is 6.89. The number of sulfone groups is 1. The summed E-state index contributed by atoms with van der Waals surface area (Å²) in [5.74, 6) is -0.369. The maximum Gasteiger partial charge on any atom is 0.475 e. The molecule has 2 heterocycles. The second-order valence-corrected chi connectivity index (χ2v) is 9.84. The predicted molar refractivity (Wildman–Crippen MR) is 102 cm³/mol. The van der Waals surface area contributed by atoms with Crippen molar-refractivity contribution in [2.45, 2.75) is 29.1 Å². The Morgan fingerprint density at radius 3 is 2.55 bits per heavy atom. The van der Waals surface area contributed by atoms with Gasteiger partial charge < -0.3 is 4.42 Å². The molecule has 0 aliphatic rings. The van der Waals surface area contributed by atoms with Crippen molar-refractivity contribution in [1.29, 1.82) is 0 Å². The van der Waals surface area contributed by atoms with Crippen LogP contribution in [0.2, 0.25) is 0 Å². The number of pyridine rings is 1. The van der Waals surface area contributed by atoms with Gasteiger partial charge in [0.2, 0.25) is 5.89 Å². The number of allylic oxidation sites excluding steroid dienone is 1. The highest BCUT2D eigenvalue weighted by Crippen LogP contribution is 2.32. The van der Waals surface area contributed by atoms with Crippen LogP contribution in [0.25, 0.3) is 28.3 Å². The maximum absolute atomic E-state index is 12.7. The Bertz CT molecular complexity index is 1250. The minimum atomic E-state index is -4.91. The molecule has 29 heavy (non-hydrogen) atoms. The topological polar surface area (TPSA) is 90.1 Å². The highest BCUT2D eigenvalue weighted by molar-refractivity contribution is 7.91. The Morgan fingerprint density at radius 2 is 1.97 bits per heavy atom. The van der Waals surface area contributed by atoms with Crippen molar-refractivity contribution in [3.8, 4) is 11.6 Å². The van der Waals surface area contributed by atoms with Gasteiger partial charge in [-0.25, -0.2) is 22.6 Å². The molecule has 6 nitrogen and oxygen atoms in total. The first-order chi connectivity index (χ1) is 13.4. The zero-order valence-corrected chi connectivity index (χ0v) is 16.9. The van der Waals surface area contributed by atoms with E-state index < -0.39 is 31.0 Å². The van der Waals surface area contributed by atoms with Gasteiger partial charge in [-0.05, 0) is 42.3 Å². The van der Waals surface area contributed by atoms with Gasteiger partial charge in [0, 0.05) is 6.20 Å². The molecule has 0 aliphatic carbocycles. The monoisotopic (exact) mass is 444 g/mol. The molecule has 0 saturated carbocycles. The van der Waals surface area contributed by atoms with Crippen molar-refractivity contribution in [3.05, 3.63) is 42.6 Å². The predicted octanol–water partition coefficient (Wildman–Crippen LogP) is 4.34. The van der Waals surface area contributed by atoms with Crippen LogP contribution in [0.1, 0.15) is 19.4 Å². The van der Waals surface area contributed by atoms with Crippen LogP contribution in [0.3, 0.4) is 0 Å². The van der Waals surface area contributed by atoms with E-state index in [0.717, 1.165) is 12.1 Å². The van der Waals surface area contributed by atoms with E-state index in [1.54, 1.807) is 6.92 Å². The first-order valence-corrected chi connectivity index (χ1v) is 11.0. The van der Waals surface area contributed by atoms with Crippen LogP contribution in [0.15, 0.2) is 51.2 Å². The molecule has 2 aromatic heterocycles. The number of aromatic nitrogens is 2. The minimum absolute atomic E-state index is 0.000671. The summed E-state index contributed by atoms with van der Waals surface area (Å²) in [5.41, 5.74) is -3.75. The van der Waals surface area contributed by atoms with Crippen LogP contribution in [0.5, 0.6) is 0 Å². The normalized spacial score (nSPS) is 13.6. The molecule has 1 aromatic carbocycles. The molecule has 1 unspecified atom stereocenters. The molecule has 0 radical (unpaired) electrons. The van der Waals surface area contributed by atoms with Gasteiger partial charge in [0.15, 0.2) is 26.2 Å². The largest absolute Gasteiger partial charge is 0.475 e. The fourth-order valence-electron chi connectivity index (χ4n) is 2.49. The van der Waals surface area contributed by atoms with Crippen LogP contribution in [0, 0.1) is 0 Å². The molecular weight excluding hydrogens is 429 g/mol. The second-order valence-electron chi connectivity index (χ2n) is 6.12. The Morgan fingerprint density at radius 1 is 1.28 bits per heavy atom. The van der Waals surface area contributed by atoms with Crippen molar-refractivity contribution in [2.24, 2.45) is 0 Å². The lowest BCUT2D eigenvalue weighted by molar-refractivity contribution is -0.0384. The summed E-state index contributed by atoms with van der Waals surface area (Å²) in [6.07, 6.45) is 1.41. The molecule has 0 amide bonds. The lowest BCUT2D eigenvalue weighted by atomic mass is 10.1. The van der Waals surface area contributed by atoms with Crippen LogP contribution in [-0.2, 0) is 20.6 Å². The Hall–Kier alpha value is -2.53. The smallest absolute Gasteiger partial charge is 0.435 e. The van der Waals surface area contributed by atoms with Crippen molar-refractivity contribution in [3.63, 3.8) is 0 Å². The van der Waals surface area contributed by atoms with E-state index in [1.807, 2.05) is 0 Å². The van der Waals surface area contributed by atoms with Crippen molar-refractivity contribution < 1.29 is 30.2 Å². The Balaban J connectivity index is 2.18. The first kappa shape index (κ1) is 21.2. The quantitative estimate of drug-likeness (QED) is 0.581. The minimum Gasteiger partial charge on any atom is -0.435 e. The summed E-state index contributed by atoms with van der Waals surface area (Å²) >= 11 is 0.